The van der Waals surface area contributed by atoms with Crippen LogP contribution < -0.4 is 0 Å². The molecular weight excluding hydrogens is 414 g/mol. The Morgan fingerprint density at radius 3 is 2.18 bits per heavy atom. The van der Waals surface area contributed by atoms with Crippen molar-refractivity contribution in [1.82, 2.24) is 15.0 Å². The number of hydrogen-bond donors (Lipinski definition) is 0. The van der Waals surface area contributed by atoms with Gasteiger partial charge in [0.2, 0.25) is 0 Å². The monoisotopic (exact) mass is 441 g/mol. The van der Waals surface area contributed by atoms with Gasteiger partial charge in [-0.15, -0.1) is 15.0 Å². The highest BCUT2D eigenvalue weighted by atomic mass is 16.5. The number of hydrogen-bond acceptors (Lipinski definition) is 5. The van der Waals surface area contributed by atoms with E-state index < -0.39 is 5.41 Å². The van der Waals surface area contributed by atoms with E-state index in [1.54, 1.807) is 18.2 Å². The van der Waals surface area contributed by atoms with Crippen molar-refractivity contribution in [3.05, 3.63) is 89.5 Å². The Labute approximate surface area is 193 Å². The van der Waals surface area contributed by atoms with E-state index in [0.717, 1.165) is 16.6 Å². The molecule has 6 nitrogen and oxygen atoms in total. The van der Waals surface area contributed by atoms with Crippen LogP contribution in [0.2, 0.25) is 0 Å². The number of carbonyl (C=O) groups excluding carboxylic acids is 2. The average molecular weight is 442 g/mol. The fourth-order valence-electron chi connectivity index (χ4n) is 3.40. The number of ether oxygens (including phenoxy) is 1. The Balaban J connectivity index is 1.66. The molecule has 0 spiro atoms. The quantitative estimate of drug-likeness (QED) is 0.278. The predicted octanol–water partition coefficient (Wildman–Crippen LogP) is 5.17. The molecule has 3 aromatic carbocycles. The number of carbonyl (C=O) groups is 2. The first-order valence-corrected chi connectivity index (χ1v) is 11.1. The van der Waals surface area contributed by atoms with Crippen molar-refractivity contribution in [3.8, 4) is 5.69 Å². The highest BCUT2D eigenvalue weighted by Crippen LogP contribution is 2.23. The third kappa shape index (κ3) is 4.85. The van der Waals surface area contributed by atoms with E-state index in [9.17, 15) is 9.59 Å². The van der Waals surface area contributed by atoms with Gasteiger partial charge >= 0.3 is 5.97 Å². The van der Waals surface area contributed by atoms with E-state index in [-0.39, 0.29) is 18.4 Å². The lowest BCUT2D eigenvalue weighted by Crippen LogP contribution is -2.26. The Morgan fingerprint density at radius 2 is 1.55 bits per heavy atom. The zero-order chi connectivity index (χ0) is 23.4. The Hall–Kier alpha value is -3.80. The summed E-state index contributed by atoms with van der Waals surface area (Å²) in [6, 6.07) is 22.3. The molecule has 0 saturated carbocycles. The minimum Gasteiger partial charge on any atom is -0.465 e. The molecule has 0 amide bonds. The summed E-state index contributed by atoms with van der Waals surface area (Å²) in [7, 11) is 0. The van der Waals surface area contributed by atoms with E-state index in [0.29, 0.717) is 29.7 Å². The van der Waals surface area contributed by atoms with Crippen LogP contribution in [-0.2, 0) is 16.0 Å². The van der Waals surface area contributed by atoms with Crippen LogP contribution in [0.4, 0.5) is 0 Å². The standard InChI is InChI=1S/C27H27N3O3/c1-4-27(2,3)26(32)33-17-16-19-14-15-21(25(31)20-10-6-5-7-11-20)24(18-19)30-28-22-12-8-9-13-23(22)29-30/h5-15,18H,4,16-17H2,1-3H3. The fourth-order valence-corrected chi connectivity index (χ4v) is 3.40. The molecule has 0 aliphatic carbocycles. The van der Waals surface area contributed by atoms with Crippen molar-refractivity contribution in [1.29, 1.82) is 0 Å². The summed E-state index contributed by atoms with van der Waals surface area (Å²) in [5.41, 5.74) is 3.62. The average Bonchev–Trinajstić information content (AvgIpc) is 3.28. The predicted molar refractivity (Wildman–Crippen MR) is 127 cm³/mol. The molecule has 0 aliphatic rings. The van der Waals surface area contributed by atoms with Crippen molar-refractivity contribution in [2.75, 3.05) is 6.61 Å². The van der Waals surface area contributed by atoms with Gasteiger partial charge in [-0.2, -0.15) is 0 Å². The highest BCUT2D eigenvalue weighted by molar-refractivity contribution is 6.11. The first-order chi connectivity index (χ1) is 15.9. The molecule has 0 radical (unpaired) electrons. The van der Waals surface area contributed by atoms with Crippen molar-refractivity contribution < 1.29 is 14.3 Å². The normalized spacial score (nSPS) is 11.5. The second kappa shape index (κ2) is 9.36. The van der Waals surface area contributed by atoms with E-state index in [1.165, 1.54) is 4.80 Å². The molecule has 0 bridgehead atoms. The fraction of sp³-hybridized carbons (Fsp3) is 0.259. The van der Waals surface area contributed by atoms with Crippen molar-refractivity contribution in [3.63, 3.8) is 0 Å². The van der Waals surface area contributed by atoms with E-state index in [2.05, 4.69) is 10.2 Å². The molecule has 1 heterocycles. The molecule has 0 fully saturated rings. The molecule has 33 heavy (non-hydrogen) atoms. The van der Waals surface area contributed by atoms with Crippen LogP contribution in [0.15, 0.2) is 72.8 Å². The molecule has 6 heteroatoms. The summed E-state index contributed by atoms with van der Waals surface area (Å²) in [5.74, 6) is -0.310. The molecule has 168 valence electrons. The lowest BCUT2D eigenvalue weighted by atomic mass is 9.91. The summed E-state index contributed by atoms with van der Waals surface area (Å²) in [6.07, 6.45) is 1.24. The number of nitrogens with zero attached hydrogens (tertiary/aromatic N) is 3. The Kier molecular flexibility index (Phi) is 6.36. The van der Waals surface area contributed by atoms with Gasteiger partial charge < -0.3 is 4.74 Å². The van der Waals surface area contributed by atoms with Gasteiger partial charge in [-0.1, -0.05) is 55.5 Å². The van der Waals surface area contributed by atoms with Crippen LogP contribution in [0, 0.1) is 5.41 Å². The van der Waals surface area contributed by atoms with Crippen LogP contribution in [0.1, 0.15) is 48.7 Å². The summed E-state index contributed by atoms with van der Waals surface area (Å²) in [5, 5.41) is 9.16. The molecule has 0 N–H and O–H groups in total. The Bertz CT molecular complexity index is 1260. The van der Waals surface area contributed by atoms with Gasteiger partial charge in [0.05, 0.1) is 23.3 Å². The summed E-state index contributed by atoms with van der Waals surface area (Å²) < 4.78 is 5.50. The zero-order valence-corrected chi connectivity index (χ0v) is 19.1. The lowest BCUT2D eigenvalue weighted by Gasteiger charge is -2.20. The number of ketones is 1. The van der Waals surface area contributed by atoms with Gasteiger partial charge in [-0.05, 0) is 50.1 Å². The van der Waals surface area contributed by atoms with Gasteiger partial charge in [0.1, 0.15) is 11.0 Å². The maximum atomic E-state index is 13.3. The zero-order valence-electron chi connectivity index (χ0n) is 19.1. The van der Waals surface area contributed by atoms with Crippen LogP contribution in [0.25, 0.3) is 16.7 Å². The smallest absolute Gasteiger partial charge is 0.311 e. The van der Waals surface area contributed by atoms with E-state index >= 15 is 0 Å². The third-order valence-electron chi connectivity index (χ3n) is 5.91. The molecule has 1 aromatic heterocycles. The van der Waals surface area contributed by atoms with Gasteiger partial charge in [0.25, 0.3) is 0 Å². The molecule has 4 aromatic rings. The summed E-state index contributed by atoms with van der Waals surface area (Å²) in [6.45, 7) is 6.00. The van der Waals surface area contributed by atoms with Gasteiger partial charge in [-0.3, -0.25) is 9.59 Å². The minimum absolute atomic E-state index is 0.102. The second-order valence-corrected chi connectivity index (χ2v) is 8.65. The van der Waals surface area contributed by atoms with E-state index in [4.69, 9.17) is 4.74 Å². The van der Waals surface area contributed by atoms with Crippen LogP contribution in [0.5, 0.6) is 0 Å². The molecular formula is C27H27N3O3. The van der Waals surface area contributed by atoms with Crippen LogP contribution >= 0.6 is 0 Å². The maximum Gasteiger partial charge on any atom is 0.311 e. The minimum atomic E-state index is -0.504. The SMILES string of the molecule is CCC(C)(C)C(=O)OCCc1ccc(C(=O)c2ccccc2)c(-n2nc3ccccc3n2)c1. The van der Waals surface area contributed by atoms with Crippen LogP contribution in [0.3, 0.4) is 0 Å². The summed E-state index contributed by atoms with van der Waals surface area (Å²) in [4.78, 5) is 27.1. The first-order valence-electron chi connectivity index (χ1n) is 11.1. The molecule has 0 saturated heterocycles. The number of fused-ring (bicyclic) bond motifs is 1. The maximum absolute atomic E-state index is 13.3. The van der Waals surface area contributed by atoms with Crippen molar-refractivity contribution in [2.45, 2.75) is 33.6 Å². The molecule has 0 aliphatic heterocycles. The van der Waals surface area contributed by atoms with Gasteiger partial charge in [0, 0.05) is 12.0 Å². The number of esters is 1. The Morgan fingerprint density at radius 1 is 0.909 bits per heavy atom. The van der Waals surface area contributed by atoms with Crippen molar-refractivity contribution in [2.24, 2.45) is 5.41 Å². The summed E-state index contributed by atoms with van der Waals surface area (Å²) >= 11 is 0. The lowest BCUT2D eigenvalue weighted by molar-refractivity contribution is -0.154. The highest BCUT2D eigenvalue weighted by Gasteiger charge is 2.27. The first kappa shape index (κ1) is 22.4. The molecule has 0 atom stereocenters. The largest absolute Gasteiger partial charge is 0.465 e. The molecule has 0 unspecified atom stereocenters. The van der Waals surface area contributed by atoms with E-state index in [1.807, 2.05) is 75.4 Å². The van der Waals surface area contributed by atoms with Gasteiger partial charge in [0.15, 0.2) is 5.78 Å². The van der Waals surface area contributed by atoms with Crippen LogP contribution in [-0.4, -0.2) is 33.4 Å². The topological polar surface area (TPSA) is 74.1 Å². The molecule has 4 rings (SSSR count). The number of aromatic nitrogens is 3. The number of rotatable bonds is 8. The van der Waals surface area contributed by atoms with Crippen molar-refractivity contribution >= 4 is 22.8 Å². The second-order valence-electron chi connectivity index (χ2n) is 8.65. The van der Waals surface area contributed by atoms with Gasteiger partial charge in [-0.25, -0.2) is 0 Å². The number of benzene rings is 3. The third-order valence-corrected chi connectivity index (χ3v) is 5.91.